The molecule has 3 aliphatic rings. The third kappa shape index (κ3) is 3.23. The van der Waals surface area contributed by atoms with Gasteiger partial charge in [0.15, 0.2) is 0 Å². The molecule has 2 fully saturated rings. The normalized spacial score (nSPS) is 33.9. The quantitative estimate of drug-likeness (QED) is 0.434. The van der Waals surface area contributed by atoms with Crippen LogP contribution in [0.3, 0.4) is 0 Å². The van der Waals surface area contributed by atoms with Crippen molar-refractivity contribution in [3.05, 3.63) is 23.8 Å². The average Bonchev–Trinajstić information content (AvgIpc) is 3.19. The summed E-state index contributed by atoms with van der Waals surface area (Å²) in [5.41, 5.74) is -3.92. The Labute approximate surface area is 155 Å². The van der Waals surface area contributed by atoms with Crippen molar-refractivity contribution in [2.75, 3.05) is 0 Å². The van der Waals surface area contributed by atoms with Crippen LogP contribution < -0.4 is 0 Å². The number of fused-ring (bicyclic) bond motifs is 1. The second-order valence-electron chi connectivity index (χ2n) is 8.90. The van der Waals surface area contributed by atoms with Crippen LogP contribution in [0.25, 0.3) is 0 Å². The first-order chi connectivity index (χ1) is 12.3. The van der Waals surface area contributed by atoms with E-state index in [4.69, 9.17) is 0 Å². The highest BCUT2D eigenvalue weighted by Gasteiger charge is 2.69. The predicted octanol–water partition coefficient (Wildman–Crippen LogP) is 6.34. The lowest BCUT2D eigenvalue weighted by molar-refractivity contribution is -0.347. The number of rotatable bonds is 4. The van der Waals surface area contributed by atoms with Crippen molar-refractivity contribution >= 4 is 0 Å². The molecule has 1 nitrogen and oxygen atoms in total. The summed E-state index contributed by atoms with van der Waals surface area (Å²) in [5, 5.41) is 9.29. The molecule has 0 radical (unpaired) electrons. The van der Waals surface area contributed by atoms with Crippen LogP contribution >= 0.6 is 0 Å². The molecular formula is C20H26F6O. The molecule has 0 saturated heterocycles. The molecule has 0 spiro atoms. The van der Waals surface area contributed by atoms with Crippen LogP contribution in [0.2, 0.25) is 0 Å². The molecule has 154 valence electrons. The van der Waals surface area contributed by atoms with E-state index in [-0.39, 0.29) is 23.3 Å². The van der Waals surface area contributed by atoms with Gasteiger partial charge in [-0.3, -0.25) is 0 Å². The molecule has 0 aliphatic heterocycles. The highest BCUT2D eigenvalue weighted by molar-refractivity contribution is 5.35. The van der Waals surface area contributed by atoms with Crippen LogP contribution in [-0.2, 0) is 0 Å². The van der Waals surface area contributed by atoms with E-state index < -0.39 is 18.0 Å². The van der Waals surface area contributed by atoms with Gasteiger partial charge in [0.25, 0.3) is 5.60 Å². The van der Waals surface area contributed by atoms with E-state index in [0.717, 1.165) is 38.2 Å². The minimum atomic E-state index is -5.80. The molecule has 3 rings (SSSR count). The van der Waals surface area contributed by atoms with Crippen molar-refractivity contribution in [3.63, 3.8) is 0 Å². The zero-order chi connectivity index (χ0) is 20.3. The van der Waals surface area contributed by atoms with Crippen LogP contribution in [0.15, 0.2) is 23.8 Å². The molecule has 3 aliphatic carbocycles. The van der Waals surface area contributed by atoms with Crippen LogP contribution in [0.1, 0.15) is 58.8 Å². The number of allylic oxidation sites excluding steroid dienone is 3. The topological polar surface area (TPSA) is 20.2 Å². The number of alkyl halides is 6. The molecule has 3 unspecified atom stereocenters. The first-order valence-electron chi connectivity index (χ1n) is 9.51. The Hall–Kier alpha value is -0.980. The zero-order valence-corrected chi connectivity index (χ0v) is 15.6. The highest BCUT2D eigenvalue weighted by atomic mass is 19.4. The van der Waals surface area contributed by atoms with Gasteiger partial charge in [-0.2, -0.15) is 26.3 Å². The first-order valence-corrected chi connectivity index (χ1v) is 9.51. The first kappa shape index (κ1) is 20.7. The Morgan fingerprint density at radius 1 is 1.11 bits per heavy atom. The van der Waals surface area contributed by atoms with Crippen molar-refractivity contribution in [3.8, 4) is 0 Å². The van der Waals surface area contributed by atoms with Gasteiger partial charge in [0.1, 0.15) is 0 Å². The number of hydrogen-bond donors (Lipinski definition) is 1. The Balaban J connectivity index is 1.79. The maximum absolute atomic E-state index is 12.8. The lowest BCUT2D eigenvalue weighted by Gasteiger charge is -2.45. The van der Waals surface area contributed by atoms with Gasteiger partial charge in [0.05, 0.1) is 0 Å². The van der Waals surface area contributed by atoms with E-state index in [2.05, 4.69) is 19.9 Å². The summed E-state index contributed by atoms with van der Waals surface area (Å²) < 4.78 is 77.0. The molecule has 0 aromatic carbocycles. The number of halogens is 6. The fraction of sp³-hybridized carbons (Fsp3) is 0.800. The van der Waals surface area contributed by atoms with E-state index in [0.29, 0.717) is 11.8 Å². The van der Waals surface area contributed by atoms with Gasteiger partial charge in [-0.1, -0.05) is 44.4 Å². The molecule has 0 aromatic rings. The summed E-state index contributed by atoms with van der Waals surface area (Å²) in [4.78, 5) is 0. The smallest absolute Gasteiger partial charge is 0.370 e. The van der Waals surface area contributed by atoms with Crippen molar-refractivity contribution < 1.29 is 31.4 Å². The highest BCUT2D eigenvalue weighted by Crippen LogP contribution is 2.67. The van der Waals surface area contributed by atoms with Gasteiger partial charge in [-0.25, -0.2) is 0 Å². The maximum Gasteiger partial charge on any atom is 0.429 e. The molecule has 1 N–H and O–H groups in total. The molecule has 2 saturated carbocycles. The zero-order valence-electron chi connectivity index (χ0n) is 15.6. The van der Waals surface area contributed by atoms with Crippen LogP contribution in [-0.4, -0.2) is 23.1 Å². The van der Waals surface area contributed by atoms with E-state index in [9.17, 15) is 31.4 Å². The van der Waals surface area contributed by atoms with Gasteiger partial charge in [-0.15, -0.1) is 0 Å². The summed E-state index contributed by atoms with van der Waals surface area (Å²) in [5.74, 6) is 1.08. The lowest BCUT2D eigenvalue weighted by atomic mass is 9.60. The summed E-state index contributed by atoms with van der Waals surface area (Å²) >= 11 is 0. The predicted molar refractivity (Wildman–Crippen MR) is 89.8 cm³/mol. The Kier molecular flexibility index (Phi) is 4.81. The van der Waals surface area contributed by atoms with E-state index in [1.807, 2.05) is 0 Å². The maximum atomic E-state index is 12.8. The molecule has 0 amide bonds. The number of hydrogen-bond acceptors (Lipinski definition) is 1. The second kappa shape index (κ2) is 6.26. The molecular weight excluding hydrogens is 370 g/mol. The second-order valence-corrected chi connectivity index (χ2v) is 8.90. The Morgan fingerprint density at radius 2 is 1.70 bits per heavy atom. The molecule has 27 heavy (non-hydrogen) atoms. The van der Waals surface area contributed by atoms with Gasteiger partial charge in [0.2, 0.25) is 0 Å². The van der Waals surface area contributed by atoms with E-state index in [1.54, 1.807) is 0 Å². The van der Waals surface area contributed by atoms with Gasteiger partial charge >= 0.3 is 12.4 Å². The average molecular weight is 396 g/mol. The summed E-state index contributed by atoms with van der Waals surface area (Å²) in [6.45, 7) is 4.43. The molecule has 3 atom stereocenters. The van der Waals surface area contributed by atoms with Gasteiger partial charge in [-0.05, 0) is 60.8 Å². The van der Waals surface area contributed by atoms with Crippen molar-refractivity contribution in [2.24, 2.45) is 22.7 Å². The standard InChI is InChI=1S/C20H26F6O/c1-13-5-3-8-16(2)14(13)6-7-15(16)17(11-12-17)9-4-10-18(27,19(21,22)23)20(24,25)26/h4,7,10,13-14,27H,3,5-6,8-9,11-12H2,1-2H3/b10-4-. The summed E-state index contributed by atoms with van der Waals surface area (Å²) in [7, 11) is 0. The molecule has 0 bridgehead atoms. The largest absolute Gasteiger partial charge is 0.429 e. The third-order valence-corrected chi connectivity index (χ3v) is 7.21. The van der Waals surface area contributed by atoms with Crippen LogP contribution in [0.4, 0.5) is 26.3 Å². The minimum Gasteiger partial charge on any atom is -0.370 e. The van der Waals surface area contributed by atoms with E-state index >= 15 is 0 Å². The fourth-order valence-electron chi connectivity index (χ4n) is 5.47. The molecule has 7 heteroatoms. The van der Waals surface area contributed by atoms with Crippen molar-refractivity contribution in [1.82, 2.24) is 0 Å². The van der Waals surface area contributed by atoms with Gasteiger partial charge < -0.3 is 5.11 Å². The molecule has 0 heterocycles. The van der Waals surface area contributed by atoms with Crippen LogP contribution in [0, 0.1) is 22.7 Å². The Bertz CT molecular complexity index is 626. The van der Waals surface area contributed by atoms with Crippen molar-refractivity contribution in [2.45, 2.75) is 76.7 Å². The van der Waals surface area contributed by atoms with E-state index in [1.165, 1.54) is 12.0 Å². The Morgan fingerprint density at radius 3 is 2.22 bits per heavy atom. The minimum absolute atomic E-state index is 0.00758. The van der Waals surface area contributed by atoms with Crippen LogP contribution in [0.5, 0.6) is 0 Å². The third-order valence-electron chi connectivity index (χ3n) is 7.21. The summed E-state index contributed by atoms with van der Waals surface area (Å²) in [6, 6.07) is 0. The monoisotopic (exact) mass is 396 g/mol. The van der Waals surface area contributed by atoms with Gasteiger partial charge in [0, 0.05) is 0 Å². The fourth-order valence-corrected chi connectivity index (χ4v) is 5.47. The SMILES string of the molecule is CC1CCCC2(C)C(C3(C/C=C\C(O)(C(F)(F)F)C(F)(F)F)CC3)=CCC12. The molecule has 0 aromatic heterocycles. The lowest BCUT2D eigenvalue weighted by Crippen LogP contribution is -2.55. The van der Waals surface area contributed by atoms with Crippen molar-refractivity contribution in [1.29, 1.82) is 0 Å². The number of aliphatic hydroxyl groups is 1. The summed E-state index contributed by atoms with van der Waals surface area (Å²) in [6.07, 6.45) is -2.77.